The number of nitrogens with zero attached hydrogens (tertiary/aromatic N) is 4. The van der Waals surface area contributed by atoms with Crippen LogP contribution < -0.4 is 15.0 Å². The van der Waals surface area contributed by atoms with E-state index in [9.17, 15) is 0 Å². The highest BCUT2D eigenvalue weighted by Crippen LogP contribution is 2.19. The van der Waals surface area contributed by atoms with Crippen molar-refractivity contribution in [2.45, 2.75) is 20.4 Å². The van der Waals surface area contributed by atoms with Gasteiger partial charge in [0.15, 0.2) is 5.96 Å². The van der Waals surface area contributed by atoms with Crippen molar-refractivity contribution >= 4 is 11.8 Å². The van der Waals surface area contributed by atoms with Crippen molar-refractivity contribution in [1.29, 1.82) is 0 Å². The molecule has 1 aromatic heterocycles. The minimum atomic E-state index is 0.610. The maximum atomic E-state index is 5.72. The molecule has 1 fully saturated rings. The zero-order valence-electron chi connectivity index (χ0n) is 16.3. The second kappa shape index (κ2) is 9.80. The molecule has 0 unspecified atom stereocenters. The van der Waals surface area contributed by atoms with Crippen LogP contribution in [-0.4, -0.2) is 55.2 Å². The molecule has 0 spiro atoms. The third kappa shape index (κ3) is 5.12. The molecule has 6 heteroatoms. The van der Waals surface area contributed by atoms with Crippen LogP contribution in [0.4, 0.5) is 5.82 Å². The topological polar surface area (TPSA) is 53.0 Å². The van der Waals surface area contributed by atoms with Gasteiger partial charge in [-0.15, -0.1) is 0 Å². The van der Waals surface area contributed by atoms with Gasteiger partial charge in [0, 0.05) is 44.5 Å². The lowest BCUT2D eigenvalue weighted by Crippen LogP contribution is -2.52. The fourth-order valence-electron chi connectivity index (χ4n) is 3.20. The minimum Gasteiger partial charge on any atom is -0.494 e. The summed E-state index contributed by atoms with van der Waals surface area (Å²) in [6, 6.07) is 14.2. The molecule has 2 heterocycles. The molecule has 0 saturated carbocycles. The van der Waals surface area contributed by atoms with Crippen LogP contribution in [0.25, 0.3) is 0 Å². The highest BCUT2D eigenvalue weighted by Gasteiger charge is 2.20. The second-order valence-corrected chi connectivity index (χ2v) is 6.37. The SMILES string of the molecule is CCNC(=NCc1ccccc1OCC)N1CCN(c2ccccn2)CC1. The molecule has 0 amide bonds. The number of ether oxygens (including phenoxy) is 1. The Hall–Kier alpha value is -2.76. The third-order valence-electron chi connectivity index (χ3n) is 4.56. The van der Waals surface area contributed by atoms with E-state index < -0.39 is 0 Å². The average Bonchev–Trinajstić information content (AvgIpc) is 2.73. The molecule has 1 N–H and O–H groups in total. The normalized spacial score (nSPS) is 15.0. The second-order valence-electron chi connectivity index (χ2n) is 6.37. The summed E-state index contributed by atoms with van der Waals surface area (Å²) < 4.78 is 5.72. The van der Waals surface area contributed by atoms with Crippen molar-refractivity contribution in [1.82, 2.24) is 15.2 Å². The predicted octanol–water partition coefficient (Wildman–Crippen LogP) is 2.77. The first kappa shape index (κ1) is 19.0. The van der Waals surface area contributed by atoms with Crippen LogP contribution in [0.5, 0.6) is 5.75 Å². The first-order chi connectivity index (χ1) is 13.3. The Balaban J connectivity index is 1.65. The van der Waals surface area contributed by atoms with Crippen LogP contribution in [0.2, 0.25) is 0 Å². The van der Waals surface area contributed by atoms with Crippen LogP contribution in [0.3, 0.4) is 0 Å². The zero-order chi connectivity index (χ0) is 18.9. The van der Waals surface area contributed by atoms with Crippen LogP contribution in [0.1, 0.15) is 19.4 Å². The molecule has 1 saturated heterocycles. The number of para-hydroxylation sites is 1. The number of aromatic nitrogens is 1. The van der Waals surface area contributed by atoms with Crippen molar-refractivity contribution < 1.29 is 4.74 Å². The number of anilines is 1. The fraction of sp³-hybridized carbons (Fsp3) is 0.429. The standard InChI is InChI=1S/C21H29N5O/c1-3-22-21(24-17-18-9-5-6-10-19(18)27-4-2)26-15-13-25(14-16-26)20-11-7-8-12-23-20/h5-12H,3-4,13-17H2,1-2H3,(H,22,24). The summed E-state index contributed by atoms with van der Waals surface area (Å²) in [5.74, 6) is 2.92. The number of hydrogen-bond acceptors (Lipinski definition) is 4. The Morgan fingerprint density at radius 1 is 1.07 bits per heavy atom. The molecular weight excluding hydrogens is 338 g/mol. The zero-order valence-corrected chi connectivity index (χ0v) is 16.3. The van der Waals surface area contributed by atoms with Crippen LogP contribution in [0, 0.1) is 0 Å². The number of rotatable bonds is 6. The molecule has 1 aliphatic rings. The highest BCUT2D eigenvalue weighted by atomic mass is 16.5. The Morgan fingerprint density at radius 2 is 1.85 bits per heavy atom. The van der Waals surface area contributed by atoms with Gasteiger partial charge in [-0.05, 0) is 32.0 Å². The molecule has 27 heavy (non-hydrogen) atoms. The Morgan fingerprint density at radius 3 is 2.56 bits per heavy atom. The van der Waals surface area contributed by atoms with E-state index in [2.05, 4.69) is 39.2 Å². The maximum absolute atomic E-state index is 5.72. The largest absolute Gasteiger partial charge is 0.494 e. The number of guanidine groups is 1. The molecule has 1 aromatic carbocycles. The van der Waals surface area contributed by atoms with Crippen molar-refractivity contribution in [3.63, 3.8) is 0 Å². The summed E-state index contributed by atoms with van der Waals surface area (Å²) in [4.78, 5) is 14.0. The van der Waals surface area contributed by atoms with Gasteiger partial charge in [-0.25, -0.2) is 9.98 Å². The van der Waals surface area contributed by atoms with Crippen molar-refractivity contribution in [2.24, 2.45) is 4.99 Å². The van der Waals surface area contributed by atoms with Gasteiger partial charge in [0.2, 0.25) is 0 Å². The van der Waals surface area contributed by atoms with Gasteiger partial charge in [-0.2, -0.15) is 0 Å². The van der Waals surface area contributed by atoms with E-state index in [1.165, 1.54) is 0 Å². The highest BCUT2D eigenvalue weighted by molar-refractivity contribution is 5.80. The maximum Gasteiger partial charge on any atom is 0.194 e. The third-order valence-corrected chi connectivity index (χ3v) is 4.56. The quantitative estimate of drug-likeness (QED) is 0.628. The van der Waals surface area contributed by atoms with Gasteiger partial charge in [-0.3, -0.25) is 0 Å². The van der Waals surface area contributed by atoms with Gasteiger partial charge in [0.05, 0.1) is 13.2 Å². The summed E-state index contributed by atoms with van der Waals surface area (Å²) in [6.45, 7) is 9.97. The first-order valence-corrected chi connectivity index (χ1v) is 9.71. The van der Waals surface area contributed by atoms with E-state index in [0.29, 0.717) is 13.2 Å². The lowest BCUT2D eigenvalue weighted by molar-refractivity contribution is 0.336. The predicted molar refractivity (Wildman–Crippen MR) is 110 cm³/mol. The van der Waals surface area contributed by atoms with Crippen LogP contribution >= 0.6 is 0 Å². The Labute approximate surface area is 161 Å². The molecule has 2 aromatic rings. The first-order valence-electron chi connectivity index (χ1n) is 9.71. The van der Waals surface area contributed by atoms with Gasteiger partial charge < -0.3 is 19.9 Å². The summed E-state index contributed by atoms with van der Waals surface area (Å²) in [7, 11) is 0. The lowest BCUT2D eigenvalue weighted by atomic mass is 10.2. The summed E-state index contributed by atoms with van der Waals surface area (Å²) >= 11 is 0. The Kier molecular flexibility index (Phi) is 6.90. The van der Waals surface area contributed by atoms with E-state index in [1.807, 2.05) is 43.5 Å². The van der Waals surface area contributed by atoms with Crippen molar-refractivity contribution in [3.05, 3.63) is 54.2 Å². The van der Waals surface area contributed by atoms with E-state index in [1.54, 1.807) is 0 Å². The van der Waals surface area contributed by atoms with Crippen LogP contribution in [0.15, 0.2) is 53.7 Å². The summed E-state index contributed by atoms with van der Waals surface area (Å²) in [6.07, 6.45) is 1.85. The number of hydrogen-bond donors (Lipinski definition) is 1. The monoisotopic (exact) mass is 367 g/mol. The van der Waals surface area contributed by atoms with Gasteiger partial charge in [0.25, 0.3) is 0 Å². The minimum absolute atomic E-state index is 0.610. The smallest absolute Gasteiger partial charge is 0.194 e. The number of pyridine rings is 1. The van der Waals surface area contributed by atoms with Crippen molar-refractivity contribution in [3.8, 4) is 5.75 Å². The molecule has 0 atom stereocenters. The molecule has 6 nitrogen and oxygen atoms in total. The van der Waals surface area contributed by atoms with Crippen LogP contribution in [-0.2, 0) is 6.54 Å². The Bertz CT molecular complexity index is 726. The van der Waals surface area contributed by atoms with Gasteiger partial charge in [0.1, 0.15) is 11.6 Å². The molecule has 0 aliphatic carbocycles. The van der Waals surface area contributed by atoms with E-state index in [4.69, 9.17) is 9.73 Å². The molecular formula is C21H29N5O. The summed E-state index contributed by atoms with van der Waals surface area (Å²) in [5, 5.41) is 3.43. The van der Waals surface area contributed by atoms with Crippen molar-refractivity contribution in [2.75, 3.05) is 44.2 Å². The molecule has 3 rings (SSSR count). The molecule has 144 valence electrons. The van der Waals surface area contributed by atoms with E-state index >= 15 is 0 Å². The fourth-order valence-corrected chi connectivity index (χ4v) is 3.20. The van der Waals surface area contributed by atoms with E-state index in [0.717, 1.165) is 55.8 Å². The van der Waals surface area contributed by atoms with E-state index in [-0.39, 0.29) is 0 Å². The number of benzene rings is 1. The molecule has 0 bridgehead atoms. The van der Waals surface area contributed by atoms with Gasteiger partial charge >= 0.3 is 0 Å². The number of aliphatic imine (C=N–C) groups is 1. The van der Waals surface area contributed by atoms with Gasteiger partial charge in [-0.1, -0.05) is 24.3 Å². The lowest BCUT2D eigenvalue weighted by Gasteiger charge is -2.37. The number of piperazine rings is 1. The average molecular weight is 367 g/mol. The molecule has 0 radical (unpaired) electrons. The number of nitrogens with one attached hydrogen (secondary N) is 1. The molecule has 1 aliphatic heterocycles. The summed E-state index contributed by atoms with van der Waals surface area (Å²) in [5.41, 5.74) is 1.11.